The maximum Gasteiger partial charge on any atom is 0.362 e. The van der Waals surface area contributed by atoms with E-state index in [-0.39, 0.29) is 16.7 Å². The lowest BCUT2D eigenvalue weighted by Crippen LogP contribution is -2.17. The highest BCUT2D eigenvalue weighted by molar-refractivity contribution is 7.09. The van der Waals surface area contributed by atoms with Crippen molar-refractivity contribution in [2.75, 3.05) is 12.3 Å². The van der Waals surface area contributed by atoms with Crippen LogP contribution in [0.3, 0.4) is 0 Å². The van der Waals surface area contributed by atoms with E-state index in [1.54, 1.807) is 0 Å². The quantitative estimate of drug-likeness (QED) is 0.568. The first-order valence-corrected chi connectivity index (χ1v) is 5.47. The van der Waals surface area contributed by atoms with Crippen molar-refractivity contribution in [2.45, 2.75) is 12.8 Å². The molecule has 0 aliphatic heterocycles. The van der Waals surface area contributed by atoms with E-state index < -0.39 is 5.97 Å². The van der Waals surface area contributed by atoms with Gasteiger partial charge >= 0.3 is 5.97 Å². The molecule has 1 fully saturated rings. The smallest absolute Gasteiger partial charge is 0.362 e. The lowest BCUT2D eigenvalue weighted by Gasteiger charge is -1.98. The molecule has 0 amide bonds. The van der Waals surface area contributed by atoms with Gasteiger partial charge in [0, 0.05) is 11.5 Å². The van der Waals surface area contributed by atoms with E-state index in [0.29, 0.717) is 12.5 Å². The molecule has 0 saturated heterocycles. The van der Waals surface area contributed by atoms with Crippen LogP contribution in [-0.4, -0.2) is 32.8 Å². The molecule has 0 atom stereocenters. The van der Waals surface area contributed by atoms with Crippen molar-refractivity contribution >= 4 is 28.3 Å². The number of carbonyl (C=O) groups is 1. The molecule has 3 N–H and O–H groups in total. The van der Waals surface area contributed by atoms with Crippen molar-refractivity contribution in [2.24, 2.45) is 11.1 Å². The van der Waals surface area contributed by atoms with Gasteiger partial charge in [-0.15, -0.1) is 0 Å². The molecule has 0 unspecified atom stereocenters. The van der Waals surface area contributed by atoms with Gasteiger partial charge in [-0.05, 0) is 18.8 Å². The van der Waals surface area contributed by atoms with Crippen LogP contribution in [0.25, 0.3) is 0 Å². The molecule has 8 heteroatoms. The fraction of sp³-hybridized carbons (Fsp3) is 0.500. The summed E-state index contributed by atoms with van der Waals surface area (Å²) < 4.78 is 3.76. The Morgan fingerprint density at radius 1 is 1.69 bits per heavy atom. The Kier molecular flexibility index (Phi) is 3.00. The molecular weight excluding hydrogens is 232 g/mol. The predicted octanol–water partition coefficient (Wildman–Crippen LogP) is 0.336. The molecule has 1 aliphatic carbocycles. The number of carboxylic acids is 1. The molecule has 1 aliphatic rings. The van der Waals surface area contributed by atoms with Crippen LogP contribution in [0.1, 0.15) is 18.7 Å². The van der Waals surface area contributed by atoms with Crippen molar-refractivity contribution in [3.05, 3.63) is 5.82 Å². The first-order chi connectivity index (χ1) is 7.66. The number of hydrogen-bond acceptors (Lipinski definition) is 7. The topological polar surface area (TPSA) is 111 Å². The van der Waals surface area contributed by atoms with Gasteiger partial charge in [0.15, 0.2) is 5.13 Å². The highest BCUT2D eigenvalue weighted by Gasteiger charge is 2.23. The molecule has 1 aromatic rings. The number of nitrogens with zero attached hydrogens (tertiary/aromatic N) is 3. The van der Waals surface area contributed by atoms with Crippen LogP contribution in [-0.2, 0) is 9.63 Å². The zero-order valence-electron chi connectivity index (χ0n) is 8.29. The number of oxime groups is 1. The summed E-state index contributed by atoms with van der Waals surface area (Å²) in [5.41, 5.74) is 5.05. The van der Waals surface area contributed by atoms with E-state index in [1.165, 1.54) is 0 Å². The molecule has 0 aromatic carbocycles. The first kappa shape index (κ1) is 10.8. The van der Waals surface area contributed by atoms with Gasteiger partial charge in [0.2, 0.25) is 11.5 Å². The fourth-order valence-corrected chi connectivity index (χ4v) is 1.43. The molecule has 1 aromatic heterocycles. The van der Waals surface area contributed by atoms with Crippen molar-refractivity contribution in [3.8, 4) is 0 Å². The molecule has 0 bridgehead atoms. The lowest BCUT2D eigenvalue weighted by molar-refractivity contribution is -0.129. The second kappa shape index (κ2) is 4.44. The van der Waals surface area contributed by atoms with Crippen molar-refractivity contribution in [1.82, 2.24) is 9.36 Å². The van der Waals surface area contributed by atoms with Gasteiger partial charge in [-0.2, -0.15) is 9.36 Å². The Hall–Kier alpha value is -1.70. The van der Waals surface area contributed by atoms with Gasteiger partial charge in [0.25, 0.3) is 0 Å². The minimum absolute atomic E-state index is 0.00852. The maximum absolute atomic E-state index is 10.9. The second-order valence-electron chi connectivity index (χ2n) is 3.44. The molecule has 16 heavy (non-hydrogen) atoms. The van der Waals surface area contributed by atoms with Gasteiger partial charge in [0.05, 0.1) is 0 Å². The SMILES string of the molecule is Nc1nc(/C(=N/OCC2CC2)C(=O)O)ns1. The number of carboxylic acid groups (broad SMARTS) is 1. The van der Waals surface area contributed by atoms with Crippen LogP contribution in [0.4, 0.5) is 5.13 Å². The average Bonchev–Trinajstić information content (AvgIpc) is 2.95. The Bertz CT molecular complexity index is 427. The number of aromatic nitrogens is 2. The monoisotopic (exact) mass is 242 g/mol. The van der Waals surface area contributed by atoms with E-state index in [1.807, 2.05) is 0 Å². The standard InChI is InChI=1S/C8H10N4O3S/c9-8-10-6(12-16-8)5(7(13)14)11-15-3-4-1-2-4/h4H,1-3H2,(H,13,14)(H2,9,10,12)/b11-5-. The first-order valence-electron chi connectivity index (χ1n) is 4.69. The van der Waals surface area contributed by atoms with Crippen LogP contribution in [0.15, 0.2) is 5.16 Å². The van der Waals surface area contributed by atoms with E-state index in [0.717, 1.165) is 24.4 Å². The molecule has 1 heterocycles. The molecule has 2 rings (SSSR count). The summed E-state index contributed by atoms with van der Waals surface area (Å²) in [5.74, 6) is -0.730. The summed E-state index contributed by atoms with van der Waals surface area (Å²) in [6.07, 6.45) is 2.22. The Balaban J connectivity index is 2.06. The molecule has 7 nitrogen and oxygen atoms in total. The summed E-state index contributed by atoms with van der Waals surface area (Å²) in [5, 5.41) is 12.6. The highest BCUT2D eigenvalue weighted by atomic mass is 32.1. The zero-order valence-corrected chi connectivity index (χ0v) is 9.11. The Morgan fingerprint density at radius 3 is 2.94 bits per heavy atom. The zero-order chi connectivity index (χ0) is 11.5. The van der Waals surface area contributed by atoms with Gasteiger partial charge in [0.1, 0.15) is 6.61 Å². The second-order valence-corrected chi connectivity index (χ2v) is 4.22. The van der Waals surface area contributed by atoms with E-state index in [9.17, 15) is 4.79 Å². The van der Waals surface area contributed by atoms with Crippen LogP contribution >= 0.6 is 11.5 Å². The van der Waals surface area contributed by atoms with Gasteiger partial charge in [-0.1, -0.05) is 5.16 Å². The third-order valence-electron chi connectivity index (χ3n) is 2.02. The van der Waals surface area contributed by atoms with Crippen molar-refractivity contribution in [3.63, 3.8) is 0 Å². The molecule has 0 spiro atoms. The van der Waals surface area contributed by atoms with E-state index >= 15 is 0 Å². The Morgan fingerprint density at radius 2 is 2.44 bits per heavy atom. The molecule has 86 valence electrons. The Labute approximate surface area is 95.1 Å². The lowest BCUT2D eigenvalue weighted by atomic mass is 10.4. The van der Waals surface area contributed by atoms with E-state index in [4.69, 9.17) is 15.7 Å². The summed E-state index contributed by atoms with van der Waals surface area (Å²) >= 11 is 0.919. The van der Waals surface area contributed by atoms with Crippen LogP contribution in [0, 0.1) is 5.92 Å². The maximum atomic E-state index is 10.9. The normalized spacial score (nSPS) is 16.1. The number of nitrogens with two attached hydrogens (primary N) is 1. The summed E-state index contributed by atoms with van der Waals surface area (Å²) in [6.45, 7) is 0.441. The summed E-state index contributed by atoms with van der Waals surface area (Å²) in [7, 11) is 0. The van der Waals surface area contributed by atoms with Crippen molar-refractivity contribution < 1.29 is 14.7 Å². The summed E-state index contributed by atoms with van der Waals surface area (Å²) in [6, 6.07) is 0. The van der Waals surface area contributed by atoms with Crippen LogP contribution in [0.2, 0.25) is 0 Å². The third-order valence-corrected chi connectivity index (χ3v) is 2.56. The van der Waals surface area contributed by atoms with Gasteiger partial charge in [-0.25, -0.2) is 4.79 Å². The predicted molar refractivity (Wildman–Crippen MR) is 57.2 cm³/mol. The van der Waals surface area contributed by atoms with E-state index in [2.05, 4.69) is 14.5 Å². The van der Waals surface area contributed by atoms with Crippen molar-refractivity contribution in [1.29, 1.82) is 0 Å². The number of hydrogen-bond donors (Lipinski definition) is 2. The molecule has 1 saturated carbocycles. The largest absolute Gasteiger partial charge is 0.476 e. The molecular formula is C8H10N4O3S. The molecule has 0 radical (unpaired) electrons. The van der Waals surface area contributed by atoms with Crippen LogP contribution in [0.5, 0.6) is 0 Å². The number of rotatable bonds is 5. The number of aliphatic carboxylic acids is 1. The average molecular weight is 242 g/mol. The van der Waals surface area contributed by atoms with Gasteiger partial charge < -0.3 is 15.7 Å². The number of nitrogen functional groups attached to an aromatic ring is 1. The van der Waals surface area contributed by atoms with Crippen LogP contribution < -0.4 is 5.73 Å². The number of anilines is 1. The van der Waals surface area contributed by atoms with Gasteiger partial charge in [-0.3, -0.25) is 0 Å². The fourth-order valence-electron chi connectivity index (χ4n) is 0.999. The minimum Gasteiger partial charge on any atom is -0.476 e. The minimum atomic E-state index is -1.23. The third kappa shape index (κ3) is 2.66. The highest BCUT2D eigenvalue weighted by Crippen LogP contribution is 2.28. The summed E-state index contributed by atoms with van der Waals surface area (Å²) in [4.78, 5) is 19.5.